The van der Waals surface area contributed by atoms with Crippen molar-refractivity contribution in [3.8, 4) is 5.75 Å². The highest BCUT2D eigenvalue weighted by Gasteiger charge is 2.38. The Kier molecular flexibility index (Phi) is 6.00. The van der Waals surface area contributed by atoms with Crippen LogP contribution in [0.2, 0.25) is 0 Å². The summed E-state index contributed by atoms with van der Waals surface area (Å²) in [6, 6.07) is 19.2. The van der Waals surface area contributed by atoms with E-state index in [1.165, 1.54) is 11.1 Å². The van der Waals surface area contributed by atoms with Crippen molar-refractivity contribution >= 4 is 6.09 Å². The van der Waals surface area contributed by atoms with Gasteiger partial charge in [0, 0.05) is 38.1 Å². The van der Waals surface area contributed by atoms with Gasteiger partial charge in [0.25, 0.3) is 0 Å². The van der Waals surface area contributed by atoms with Gasteiger partial charge in [0.05, 0.1) is 0 Å². The molecule has 2 fully saturated rings. The molecule has 0 spiro atoms. The summed E-state index contributed by atoms with van der Waals surface area (Å²) in [5.74, 6) is 1.46. The Bertz CT molecular complexity index is 839. The van der Waals surface area contributed by atoms with Crippen molar-refractivity contribution in [3.63, 3.8) is 0 Å². The Hall–Kier alpha value is -2.53. The van der Waals surface area contributed by atoms with Crippen molar-refractivity contribution in [2.75, 3.05) is 26.2 Å². The van der Waals surface area contributed by atoms with E-state index in [0.29, 0.717) is 18.6 Å². The highest BCUT2D eigenvalue weighted by molar-refractivity contribution is 5.68. The van der Waals surface area contributed by atoms with Gasteiger partial charge in [0.2, 0.25) is 0 Å². The van der Waals surface area contributed by atoms with E-state index in [9.17, 15) is 4.79 Å². The Balaban J connectivity index is 1.22. The first-order chi connectivity index (χ1) is 14.4. The Morgan fingerprint density at radius 1 is 1.00 bits per heavy atom. The molecule has 1 atom stereocenters. The maximum absolute atomic E-state index is 12.3. The summed E-state index contributed by atoms with van der Waals surface area (Å²) in [7, 11) is 0. The number of carbonyl (C=O) groups is 1. The molecule has 0 saturated carbocycles. The third-order valence-corrected chi connectivity index (χ3v) is 5.84. The molecule has 2 aliphatic rings. The summed E-state index contributed by atoms with van der Waals surface area (Å²) in [5, 5.41) is 0. The second-order valence-corrected chi connectivity index (χ2v) is 9.36. The lowest BCUT2D eigenvalue weighted by Crippen LogP contribution is -2.51. The lowest BCUT2D eigenvalue weighted by Gasteiger charge is -2.43. The zero-order valence-corrected chi connectivity index (χ0v) is 18.2. The summed E-state index contributed by atoms with van der Waals surface area (Å²) in [6.45, 7) is 9.99. The first-order valence-corrected chi connectivity index (χ1v) is 10.9. The molecule has 0 N–H and O–H groups in total. The maximum Gasteiger partial charge on any atom is 0.410 e. The van der Waals surface area contributed by atoms with Gasteiger partial charge in [0.1, 0.15) is 18.0 Å². The van der Waals surface area contributed by atoms with Crippen LogP contribution in [0.5, 0.6) is 5.75 Å². The van der Waals surface area contributed by atoms with Crippen molar-refractivity contribution in [1.29, 1.82) is 0 Å². The maximum atomic E-state index is 12.3. The zero-order chi connectivity index (χ0) is 21.1. The average molecular weight is 409 g/mol. The minimum atomic E-state index is -0.437. The van der Waals surface area contributed by atoms with Crippen molar-refractivity contribution in [2.24, 2.45) is 0 Å². The molecule has 2 heterocycles. The van der Waals surface area contributed by atoms with Crippen LogP contribution in [0.4, 0.5) is 4.79 Å². The Morgan fingerprint density at radius 3 is 2.37 bits per heavy atom. The van der Waals surface area contributed by atoms with Crippen LogP contribution in [-0.2, 0) is 11.3 Å². The van der Waals surface area contributed by atoms with Gasteiger partial charge in [-0.25, -0.2) is 4.79 Å². The second-order valence-electron chi connectivity index (χ2n) is 9.36. The van der Waals surface area contributed by atoms with Crippen LogP contribution >= 0.6 is 0 Å². The Morgan fingerprint density at radius 2 is 1.70 bits per heavy atom. The van der Waals surface area contributed by atoms with Gasteiger partial charge in [0.15, 0.2) is 0 Å². The molecule has 4 rings (SSSR count). The summed E-state index contributed by atoms with van der Waals surface area (Å²) >= 11 is 0. The number of ether oxygens (including phenoxy) is 2. The minimum Gasteiger partial charge on any atom is -0.489 e. The van der Waals surface area contributed by atoms with Crippen molar-refractivity contribution in [3.05, 3.63) is 65.7 Å². The number of hydrogen-bond acceptors (Lipinski definition) is 4. The molecular formula is C25H32N2O3. The molecule has 0 aliphatic carbocycles. The van der Waals surface area contributed by atoms with Gasteiger partial charge < -0.3 is 14.4 Å². The number of likely N-dealkylation sites (tertiary alicyclic amines) is 2. The van der Waals surface area contributed by atoms with Crippen molar-refractivity contribution < 1.29 is 14.3 Å². The third kappa shape index (κ3) is 5.14. The molecule has 30 heavy (non-hydrogen) atoms. The first-order valence-electron chi connectivity index (χ1n) is 10.9. The van der Waals surface area contributed by atoms with E-state index in [1.54, 1.807) is 0 Å². The highest BCUT2D eigenvalue weighted by Crippen LogP contribution is 2.32. The summed E-state index contributed by atoms with van der Waals surface area (Å²) in [4.78, 5) is 16.6. The van der Waals surface area contributed by atoms with E-state index in [1.807, 2.05) is 43.9 Å². The van der Waals surface area contributed by atoms with Crippen LogP contribution < -0.4 is 4.74 Å². The number of benzene rings is 2. The minimum absolute atomic E-state index is 0.187. The van der Waals surface area contributed by atoms with E-state index in [0.717, 1.165) is 38.3 Å². The van der Waals surface area contributed by atoms with Gasteiger partial charge in [-0.15, -0.1) is 0 Å². The second kappa shape index (κ2) is 8.68. The number of nitrogens with zero attached hydrogens (tertiary/aromatic N) is 2. The van der Waals surface area contributed by atoms with Gasteiger partial charge in [-0.1, -0.05) is 42.5 Å². The fourth-order valence-corrected chi connectivity index (χ4v) is 4.13. The molecule has 2 aromatic carbocycles. The molecule has 0 unspecified atom stereocenters. The monoisotopic (exact) mass is 408 g/mol. The van der Waals surface area contributed by atoms with Gasteiger partial charge in [-0.2, -0.15) is 0 Å². The lowest BCUT2D eigenvalue weighted by molar-refractivity contribution is 0.0261. The number of carbonyl (C=O) groups excluding carboxylic acids is 1. The van der Waals surface area contributed by atoms with Crippen LogP contribution in [0, 0.1) is 0 Å². The largest absolute Gasteiger partial charge is 0.489 e. The number of amides is 1. The summed E-state index contributed by atoms with van der Waals surface area (Å²) in [5.41, 5.74) is 2.10. The third-order valence-electron chi connectivity index (χ3n) is 5.84. The molecule has 0 aromatic heterocycles. The molecule has 1 amide bonds. The lowest BCUT2D eigenvalue weighted by atomic mass is 9.90. The summed E-state index contributed by atoms with van der Waals surface area (Å²) < 4.78 is 11.4. The molecule has 5 heteroatoms. The van der Waals surface area contributed by atoms with Crippen LogP contribution in [-0.4, -0.2) is 53.7 Å². The predicted molar refractivity (Wildman–Crippen MR) is 118 cm³/mol. The van der Waals surface area contributed by atoms with E-state index in [2.05, 4.69) is 41.3 Å². The first kappa shape index (κ1) is 20.7. The average Bonchev–Trinajstić information content (AvgIpc) is 3.16. The smallest absolute Gasteiger partial charge is 0.410 e. The molecule has 160 valence electrons. The molecular weight excluding hydrogens is 376 g/mol. The fourth-order valence-electron chi connectivity index (χ4n) is 4.13. The molecule has 5 nitrogen and oxygen atoms in total. The molecule has 0 bridgehead atoms. The molecule has 0 radical (unpaired) electrons. The predicted octanol–water partition coefficient (Wildman–Crippen LogP) is 4.67. The fraction of sp³-hybridized carbons (Fsp3) is 0.480. The number of hydrogen-bond donors (Lipinski definition) is 0. The van der Waals surface area contributed by atoms with E-state index < -0.39 is 5.60 Å². The molecule has 2 aliphatic heterocycles. The summed E-state index contributed by atoms with van der Waals surface area (Å²) in [6.07, 6.45) is 0.839. The highest BCUT2D eigenvalue weighted by atomic mass is 16.6. The normalized spacial score (nSPS) is 20.1. The van der Waals surface area contributed by atoms with Gasteiger partial charge in [-0.3, -0.25) is 4.90 Å². The molecule has 2 saturated heterocycles. The zero-order valence-electron chi connectivity index (χ0n) is 18.2. The number of rotatable bonds is 5. The van der Waals surface area contributed by atoms with Gasteiger partial charge in [-0.05, 0) is 50.5 Å². The van der Waals surface area contributed by atoms with E-state index in [4.69, 9.17) is 9.47 Å². The van der Waals surface area contributed by atoms with Crippen LogP contribution in [0.3, 0.4) is 0 Å². The quantitative estimate of drug-likeness (QED) is 0.721. The molecule has 2 aromatic rings. The van der Waals surface area contributed by atoms with Crippen LogP contribution in [0.25, 0.3) is 0 Å². The van der Waals surface area contributed by atoms with E-state index in [-0.39, 0.29) is 6.09 Å². The van der Waals surface area contributed by atoms with Crippen molar-refractivity contribution in [1.82, 2.24) is 9.80 Å². The van der Waals surface area contributed by atoms with E-state index >= 15 is 0 Å². The Labute approximate surface area is 179 Å². The topological polar surface area (TPSA) is 42.0 Å². The van der Waals surface area contributed by atoms with Crippen LogP contribution in [0.1, 0.15) is 44.2 Å². The SMILES string of the molecule is CC(C)(C)OC(=O)N1CC[C@H](N2CC(c3ccc(OCc4ccccc4)cc3)C2)C1. The standard InChI is InChI=1S/C25H32N2O3/c1-25(2,3)30-24(28)26-14-13-22(17-26)27-15-21(16-27)20-9-11-23(12-10-20)29-18-19-7-5-4-6-8-19/h4-12,21-22H,13-18H2,1-3H3/t22-/m0/s1. The van der Waals surface area contributed by atoms with Crippen molar-refractivity contribution in [2.45, 2.75) is 51.4 Å². The van der Waals surface area contributed by atoms with Gasteiger partial charge >= 0.3 is 6.09 Å². The van der Waals surface area contributed by atoms with Crippen LogP contribution in [0.15, 0.2) is 54.6 Å².